The predicted octanol–water partition coefficient (Wildman–Crippen LogP) is 3.52. The molecule has 6 nitrogen and oxygen atoms in total. The van der Waals surface area contributed by atoms with Crippen molar-refractivity contribution in [1.29, 1.82) is 0 Å². The maximum atomic E-state index is 12.5. The lowest BCUT2D eigenvalue weighted by Crippen LogP contribution is -2.13. The van der Waals surface area contributed by atoms with Crippen LogP contribution in [0.2, 0.25) is 0 Å². The fraction of sp³-hybridized carbons (Fsp3) is 0.0667. The first kappa shape index (κ1) is 16.7. The summed E-state index contributed by atoms with van der Waals surface area (Å²) < 4.78 is 29.2. The van der Waals surface area contributed by atoms with E-state index in [1.165, 1.54) is 41.3 Å². The number of aromatic nitrogens is 1. The number of fused-ring (bicyclic) bond motifs is 1. The maximum absolute atomic E-state index is 12.5. The Bertz CT molecular complexity index is 1030. The molecule has 3 aromatic rings. The zero-order chi connectivity index (χ0) is 17.3. The summed E-state index contributed by atoms with van der Waals surface area (Å²) in [7, 11) is -3.87. The average Bonchev–Trinajstić information content (AvgIpc) is 2.97. The fourth-order valence-electron chi connectivity index (χ4n) is 2.06. The minimum atomic E-state index is -3.87. The largest absolute Gasteiger partial charge is 0.478 e. The molecule has 0 aliphatic heterocycles. The smallest absolute Gasteiger partial charge is 0.335 e. The summed E-state index contributed by atoms with van der Waals surface area (Å²) in [4.78, 5) is 15.3. The van der Waals surface area contributed by atoms with Gasteiger partial charge in [-0.05, 0) is 42.7 Å². The highest BCUT2D eigenvalue weighted by Gasteiger charge is 2.17. The van der Waals surface area contributed by atoms with Crippen molar-refractivity contribution in [3.8, 4) is 0 Å². The highest BCUT2D eigenvalue weighted by Crippen LogP contribution is 2.30. The molecule has 3 rings (SSSR count). The summed E-state index contributed by atoms with van der Waals surface area (Å²) in [5.74, 6) is -1.18. The van der Waals surface area contributed by atoms with Crippen LogP contribution in [0.25, 0.3) is 10.2 Å². The molecule has 0 aliphatic rings. The monoisotopic (exact) mass is 380 g/mol. The summed E-state index contributed by atoms with van der Waals surface area (Å²) in [6, 6.07) is 10.3. The van der Waals surface area contributed by atoms with E-state index in [2.05, 4.69) is 9.71 Å². The molecule has 24 heavy (non-hydrogen) atoms. The first-order valence-electron chi connectivity index (χ1n) is 6.70. The van der Waals surface area contributed by atoms with Gasteiger partial charge in [-0.15, -0.1) is 11.3 Å². The van der Waals surface area contributed by atoms with Crippen molar-refractivity contribution in [3.05, 3.63) is 48.0 Å². The van der Waals surface area contributed by atoms with E-state index in [-0.39, 0.29) is 10.5 Å². The Balaban J connectivity index is 1.94. The van der Waals surface area contributed by atoms with Crippen LogP contribution in [0.3, 0.4) is 0 Å². The molecule has 0 amide bonds. The van der Waals surface area contributed by atoms with Gasteiger partial charge in [0.1, 0.15) is 0 Å². The SMILES string of the molecule is CSc1nc2ccc(NS(=O)(=O)c3cccc(C(=O)O)c3)cc2s1. The molecule has 0 bridgehead atoms. The molecule has 0 unspecified atom stereocenters. The molecule has 2 aromatic carbocycles. The number of benzene rings is 2. The van der Waals surface area contributed by atoms with Gasteiger partial charge >= 0.3 is 5.97 Å². The second-order valence-corrected chi connectivity index (χ2v) is 8.57. The second-order valence-electron chi connectivity index (χ2n) is 4.80. The van der Waals surface area contributed by atoms with Gasteiger partial charge in [-0.1, -0.05) is 17.8 Å². The Hall–Kier alpha value is -2.10. The molecule has 0 spiro atoms. The summed E-state index contributed by atoms with van der Waals surface area (Å²) in [5, 5.41) is 8.99. The van der Waals surface area contributed by atoms with Crippen LogP contribution in [0.1, 0.15) is 10.4 Å². The third kappa shape index (κ3) is 3.37. The Morgan fingerprint density at radius 1 is 1.25 bits per heavy atom. The highest BCUT2D eigenvalue weighted by atomic mass is 32.2. The number of rotatable bonds is 5. The van der Waals surface area contributed by atoms with Crippen molar-refractivity contribution in [2.75, 3.05) is 11.0 Å². The predicted molar refractivity (Wildman–Crippen MR) is 95.6 cm³/mol. The highest BCUT2D eigenvalue weighted by molar-refractivity contribution is 8.00. The first-order chi connectivity index (χ1) is 11.4. The molecular weight excluding hydrogens is 368 g/mol. The van der Waals surface area contributed by atoms with Gasteiger partial charge in [-0.2, -0.15) is 0 Å². The van der Waals surface area contributed by atoms with Crippen molar-refractivity contribution in [3.63, 3.8) is 0 Å². The Morgan fingerprint density at radius 3 is 2.75 bits per heavy atom. The Morgan fingerprint density at radius 2 is 2.04 bits per heavy atom. The molecule has 2 N–H and O–H groups in total. The number of carbonyl (C=O) groups is 1. The molecule has 0 aliphatic carbocycles. The Labute approximate surface area is 146 Å². The normalized spacial score (nSPS) is 11.5. The van der Waals surface area contributed by atoms with Crippen LogP contribution in [-0.4, -0.2) is 30.7 Å². The second kappa shape index (κ2) is 6.42. The number of thiazole rings is 1. The third-order valence-corrected chi connectivity index (χ3v) is 6.57. The number of anilines is 1. The van der Waals surface area contributed by atoms with E-state index in [1.54, 1.807) is 18.2 Å². The maximum Gasteiger partial charge on any atom is 0.335 e. The standard InChI is InChI=1S/C15H12N2O4S3/c1-22-15-16-12-6-5-10(8-13(12)23-15)17-24(20,21)11-4-2-3-9(7-11)14(18)19/h2-8,17H,1H3,(H,18,19). The summed E-state index contributed by atoms with van der Waals surface area (Å²) in [6.45, 7) is 0. The first-order valence-corrected chi connectivity index (χ1v) is 10.2. The van der Waals surface area contributed by atoms with E-state index in [9.17, 15) is 13.2 Å². The van der Waals surface area contributed by atoms with E-state index in [1.807, 2.05) is 6.26 Å². The number of nitrogens with zero attached hydrogens (tertiary/aromatic N) is 1. The summed E-state index contributed by atoms with van der Waals surface area (Å²) >= 11 is 3.01. The van der Waals surface area contributed by atoms with Gasteiger partial charge in [0.05, 0.1) is 26.4 Å². The molecular formula is C15H12N2O4S3. The summed E-state index contributed by atoms with van der Waals surface area (Å²) in [6.07, 6.45) is 1.93. The fourth-order valence-corrected chi connectivity index (χ4v) is 4.69. The van der Waals surface area contributed by atoms with Crippen LogP contribution < -0.4 is 4.72 Å². The molecule has 124 valence electrons. The van der Waals surface area contributed by atoms with E-state index in [0.717, 1.165) is 20.6 Å². The van der Waals surface area contributed by atoms with Gasteiger partial charge in [0, 0.05) is 0 Å². The molecule has 0 saturated heterocycles. The van der Waals surface area contributed by atoms with Gasteiger partial charge in [0.2, 0.25) is 0 Å². The van der Waals surface area contributed by atoms with Crippen LogP contribution in [0.15, 0.2) is 51.7 Å². The van der Waals surface area contributed by atoms with Gasteiger partial charge in [-0.3, -0.25) is 4.72 Å². The number of nitrogens with one attached hydrogen (secondary N) is 1. The molecule has 9 heteroatoms. The van der Waals surface area contributed by atoms with Crippen molar-refractivity contribution in [2.24, 2.45) is 0 Å². The van der Waals surface area contributed by atoms with E-state index < -0.39 is 16.0 Å². The van der Waals surface area contributed by atoms with Crippen molar-refractivity contribution >= 4 is 55.0 Å². The van der Waals surface area contributed by atoms with Crippen LogP contribution in [0, 0.1) is 0 Å². The molecule has 1 aromatic heterocycles. The quantitative estimate of drug-likeness (QED) is 0.658. The molecule has 1 heterocycles. The number of hydrogen-bond donors (Lipinski definition) is 2. The van der Waals surface area contributed by atoms with Gasteiger partial charge in [0.25, 0.3) is 10.0 Å². The lowest BCUT2D eigenvalue weighted by atomic mass is 10.2. The average molecular weight is 380 g/mol. The van der Waals surface area contributed by atoms with Gasteiger partial charge < -0.3 is 5.11 Å². The van der Waals surface area contributed by atoms with Crippen LogP contribution in [0.4, 0.5) is 5.69 Å². The third-order valence-electron chi connectivity index (χ3n) is 3.19. The molecule has 0 saturated carbocycles. The van der Waals surface area contributed by atoms with E-state index in [4.69, 9.17) is 5.11 Å². The van der Waals surface area contributed by atoms with Gasteiger partial charge in [-0.25, -0.2) is 18.2 Å². The van der Waals surface area contributed by atoms with Crippen LogP contribution in [0.5, 0.6) is 0 Å². The number of carboxylic acid groups (broad SMARTS) is 1. The Kier molecular flexibility index (Phi) is 4.48. The van der Waals surface area contributed by atoms with Crippen LogP contribution >= 0.6 is 23.1 Å². The zero-order valence-corrected chi connectivity index (χ0v) is 14.8. The van der Waals surface area contributed by atoms with Gasteiger partial charge in [0.15, 0.2) is 4.34 Å². The van der Waals surface area contributed by atoms with Crippen molar-refractivity contribution < 1.29 is 18.3 Å². The number of thioether (sulfide) groups is 1. The minimum Gasteiger partial charge on any atom is -0.478 e. The van der Waals surface area contributed by atoms with E-state index in [0.29, 0.717) is 5.69 Å². The molecule has 0 radical (unpaired) electrons. The number of hydrogen-bond acceptors (Lipinski definition) is 6. The molecule has 0 atom stereocenters. The van der Waals surface area contributed by atoms with E-state index >= 15 is 0 Å². The lowest BCUT2D eigenvalue weighted by Gasteiger charge is -2.08. The van der Waals surface area contributed by atoms with Crippen LogP contribution in [-0.2, 0) is 10.0 Å². The number of sulfonamides is 1. The number of carboxylic acids is 1. The van der Waals surface area contributed by atoms with Crippen molar-refractivity contribution in [1.82, 2.24) is 4.98 Å². The lowest BCUT2D eigenvalue weighted by molar-refractivity contribution is 0.0696. The zero-order valence-electron chi connectivity index (χ0n) is 12.4. The topological polar surface area (TPSA) is 96.4 Å². The molecule has 0 fully saturated rings. The number of aromatic carboxylic acids is 1. The van der Waals surface area contributed by atoms with Crippen molar-refractivity contribution in [2.45, 2.75) is 9.24 Å². The summed E-state index contributed by atoms with van der Waals surface area (Å²) in [5.41, 5.74) is 1.13. The minimum absolute atomic E-state index is 0.0830.